The van der Waals surface area contributed by atoms with Crippen LogP contribution in [0.4, 0.5) is 5.69 Å². The van der Waals surface area contributed by atoms with Crippen molar-refractivity contribution in [2.45, 2.75) is 20.3 Å². The molecule has 1 aromatic rings. The average Bonchev–Trinajstić information content (AvgIpc) is 2.45. The summed E-state index contributed by atoms with van der Waals surface area (Å²) in [4.78, 5) is 34.7. The molecule has 0 aliphatic heterocycles. The number of nitrogens with zero attached hydrogens (tertiary/aromatic N) is 1. The Morgan fingerprint density at radius 3 is 2.38 bits per heavy atom. The van der Waals surface area contributed by atoms with Crippen molar-refractivity contribution in [2.24, 2.45) is 5.92 Å². The topological polar surface area (TPSA) is 96.3 Å². The predicted molar refractivity (Wildman–Crippen MR) is 75.4 cm³/mol. The van der Waals surface area contributed by atoms with Gasteiger partial charge in [-0.25, -0.2) is 4.79 Å². The lowest BCUT2D eigenvalue weighted by molar-refractivity contribution is -0.129. The number of nitriles is 1. The van der Waals surface area contributed by atoms with Gasteiger partial charge in [0.25, 0.3) is 0 Å². The van der Waals surface area contributed by atoms with Crippen LogP contribution < -0.4 is 5.32 Å². The average molecular weight is 288 g/mol. The number of nitrogens with one attached hydrogen (secondary N) is 1. The van der Waals surface area contributed by atoms with E-state index in [0.717, 1.165) is 0 Å². The first-order valence-electron chi connectivity index (χ1n) is 6.45. The summed E-state index contributed by atoms with van der Waals surface area (Å²) in [5, 5.41) is 11.2. The largest absolute Gasteiger partial charge is 0.462 e. The van der Waals surface area contributed by atoms with Gasteiger partial charge in [0.05, 0.1) is 24.7 Å². The molecule has 6 heteroatoms. The zero-order valence-corrected chi connectivity index (χ0v) is 11.9. The summed E-state index contributed by atoms with van der Waals surface area (Å²) in [6.07, 6.45) is -0.165. The fraction of sp³-hybridized carbons (Fsp3) is 0.333. The molecule has 21 heavy (non-hydrogen) atoms. The summed E-state index contributed by atoms with van der Waals surface area (Å²) in [7, 11) is 0. The van der Waals surface area contributed by atoms with Crippen molar-refractivity contribution in [3.05, 3.63) is 29.8 Å². The van der Waals surface area contributed by atoms with Gasteiger partial charge in [0.1, 0.15) is 11.7 Å². The van der Waals surface area contributed by atoms with E-state index in [-0.39, 0.29) is 18.8 Å². The Morgan fingerprint density at radius 2 is 1.90 bits per heavy atom. The number of benzene rings is 1. The van der Waals surface area contributed by atoms with E-state index >= 15 is 0 Å². The van der Waals surface area contributed by atoms with Gasteiger partial charge in [-0.3, -0.25) is 9.59 Å². The maximum absolute atomic E-state index is 11.9. The molecule has 0 aliphatic rings. The monoisotopic (exact) mass is 288 g/mol. The van der Waals surface area contributed by atoms with Crippen molar-refractivity contribution >= 4 is 23.3 Å². The zero-order valence-electron chi connectivity index (χ0n) is 11.9. The molecule has 0 saturated carbocycles. The van der Waals surface area contributed by atoms with E-state index in [2.05, 4.69) is 5.32 Å². The first-order chi connectivity index (χ1) is 9.99. The van der Waals surface area contributed by atoms with Crippen molar-refractivity contribution in [3.8, 4) is 6.07 Å². The quantitative estimate of drug-likeness (QED) is 0.637. The molecule has 1 rings (SSSR count). The summed E-state index contributed by atoms with van der Waals surface area (Å²) in [6, 6.07) is 7.91. The Bertz CT molecular complexity index is 572. The molecular weight excluding hydrogens is 272 g/mol. The Labute approximate surface area is 122 Å². The standard InChI is InChI=1S/C15H16N2O4/c1-3-21-15(20)11-4-6-12(7-5-11)17-14(19)13(8-9-16)10(2)18/h4-7,13H,3,8H2,1-2H3,(H,17,19). The van der Waals surface area contributed by atoms with Crippen molar-refractivity contribution in [2.75, 3.05) is 11.9 Å². The highest BCUT2D eigenvalue weighted by atomic mass is 16.5. The van der Waals surface area contributed by atoms with E-state index in [4.69, 9.17) is 10.00 Å². The maximum Gasteiger partial charge on any atom is 0.338 e. The lowest BCUT2D eigenvalue weighted by Gasteiger charge is -2.11. The highest BCUT2D eigenvalue weighted by Crippen LogP contribution is 2.13. The molecular formula is C15H16N2O4. The normalized spacial score (nSPS) is 11.1. The first kappa shape index (κ1) is 16.4. The number of carbonyl (C=O) groups is 3. The Kier molecular flexibility index (Phi) is 6.08. The van der Waals surface area contributed by atoms with Gasteiger partial charge in [-0.1, -0.05) is 0 Å². The zero-order chi connectivity index (χ0) is 15.8. The Hall–Kier alpha value is -2.68. The highest BCUT2D eigenvalue weighted by Gasteiger charge is 2.23. The lowest BCUT2D eigenvalue weighted by Crippen LogP contribution is -2.27. The van der Waals surface area contributed by atoms with Gasteiger partial charge in [-0.05, 0) is 38.1 Å². The van der Waals surface area contributed by atoms with E-state index in [9.17, 15) is 14.4 Å². The molecule has 0 spiro atoms. The van der Waals surface area contributed by atoms with Crippen LogP contribution >= 0.6 is 0 Å². The van der Waals surface area contributed by atoms with E-state index in [1.807, 2.05) is 6.07 Å². The van der Waals surface area contributed by atoms with Crippen molar-refractivity contribution < 1.29 is 19.1 Å². The summed E-state index contributed by atoms with van der Waals surface area (Å²) < 4.78 is 4.84. The molecule has 0 saturated heterocycles. The van der Waals surface area contributed by atoms with Gasteiger partial charge in [-0.15, -0.1) is 0 Å². The molecule has 1 N–H and O–H groups in total. The smallest absolute Gasteiger partial charge is 0.338 e. The summed E-state index contributed by atoms with van der Waals surface area (Å²) in [5.41, 5.74) is 0.812. The van der Waals surface area contributed by atoms with Gasteiger partial charge in [-0.2, -0.15) is 5.26 Å². The van der Waals surface area contributed by atoms with Crippen LogP contribution in [-0.4, -0.2) is 24.3 Å². The second kappa shape index (κ2) is 7.80. The molecule has 0 radical (unpaired) electrons. The fourth-order valence-corrected chi connectivity index (χ4v) is 1.65. The van der Waals surface area contributed by atoms with Crippen molar-refractivity contribution in [3.63, 3.8) is 0 Å². The number of Topliss-reactive ketones (excluding diaryl/α,β-unsaturated/α-hetero) is 1. The minimum absolute atomic E-state index is 0.165. The van der Waals surface area contributed by atoms with Gasteiger partial charge in [0.15, 0.2) is 0 Å². The van der Waals surface area contributed by atoms with Crippen LogP contribution in [0, 0.1) is 17.2 Å². The van der Waals surface area contributed by atoms with Crippen LogP contribution in [0.15, 0.2) is 24.3 Å². The molecule has 0 aliphatic carbocycles. The molecule has 1 amide bonds. The third-order valence-electron chi connectivity index (χ3n) is 2.77. The van der Waals surface area contributed by atoms with Crippen LogP contribution in [0.3, 0.4) is 0 Å². The number of hydrogen-bond acceptors (Lipinski definition) is 5. The molecule has 110 valence electrons. The number of hydrogen-bond donors (Lipinski definition) is 1. The Morgan fingerprint density at radius 1 is 1.29 bits per heavy atom. The molecule has 1 unspecified atom stereocenters. The number of amides is 1. The number of ketones is 1. The molecule has 0 bridgehead atoms. The lowest BCUT2D eigenvalue weighted by atomic mass is 10.0. The first-order valence-corrected chi connectivity index (χ1v) is 6.45. The third-order valence-corrected chi connectivity index (χ3v) is 2.77. The second-order valence-corrected chi connectivity index (χ2v) is 4.31. The van der Waals surface area contributed by atoms with Gasteiger partial charge in [0, 0.05) is 5.69 Å². The molecule has 0 heterocycles. The second-order valence-electron chi connectivity index (χ2n) is 4.31. The molecule has 0 fully saturated rings. The molecule has 0 aromatic heterocycles. The maximum atomic E-state index is 11.9. The summed E-state index contributed by atoms with van der Waals surface area (Å²) in [6.45, 7) is 3.26. The fourth-order valence-electron chi connectivity index (χ4n) is 1.65. The summed E-state index contributed by atoms with van der Waals surface area (Å²) in [5.74, 6) is -2.33. The number of esters is 1. The molecule has 1 aromatic carbocycles. The van der Waals surface area contributed by atoms with Gasteiger partial charge >= 0.3 is 5.97 Å². The van der Waals surface area contributed by atoms with E-state index in [0.29, 0.717) is 11.3 Å². The SMILES string of the molecule is CCOC(=O)c1ccc(NC(=O)C(CC#N)C(C)=O)cc1. The number of rotatable bonds is 6. The van der Waals surface area contributed by atoms with Gasteiger partial charge < -0.3 is 10.1 Å². The number of carbonyl (C=O) groups excluding carboxylic acids is 3. The van der Waals surface area contributed by atoms with Crippen LogP contribution in [0.5, 0.6) is 0 Å². The predicted octanol–water partition coefficient (Wildman–Crippen LogP) is 1.92. The van der Waals surface area contributed by atoms with E-state index in [1.165, 1.54) is 31.2 Å². The van der Waals surface area contributed by atoms with Crippen LogP contribution in [-0.2, 0) is 14.3 Å². The van der Waals surface area contributed by atoms with Crippen LogP contribution in [0.25, 0.3) is 0 Å². The third kappa shape index (κ3) is 4.73. The molecule has 6 nitrogen and oxygen atoms in total. The number of anilines is 1. The van der Waals surface area contributed by atoms with E-state index in [1.54, 1.807) is 6.92 Å². The number of ether oxygens (including phenoxy) is 1. The minimum Gasteiger partial charge on any atom is -0.462 e. The van der Waals surface area contributed by atoms with Gasteiger partial charge in [0.2, 0.25) is 5.91 Å². The summed E-state index contributed by atoms with van der Waals surface area (Å²) >= 11 is 0. The Balaban J connectivity index is 2.75. The molecule has 1 atom stereocenters. The van der Waals surface area contributed by atoms with E-state index < -0.39 is 17.8 Å². The highest BCUT2D eigenvalue weighted by molar-refractivity contribution is 6.06. The minimum atomic E-state index is -0.986. The van der Waals surface area contributed by atoms with Crippen LogP contribution in [0.2, 0.25) is 0 Å². The van der Waals surface area contributed by atoms with Crippen molar-refractivity contribution in [1.29, 1.82) is 5.26 Å². The van der Waals surface area contributed by atoms with Crippen molar-refractivity contribution in [1.82, 2.24) is 0 Å². The van der Waals surface area contributed by atoms with Crippen LogP contribution in [0.1, 0.15) is 30.6 Å².